The number of aliphatic hydroxyl groups excluding tert-OH is 6. The molecule has 0 aliphatic carbocycles. The highest BCUT2D eigenvalue weighted by Gasteiger charge is 2.47. The van der Waals surface area contributed by atoms with Gasteiger partial charge >= 0.3 is 0 Å². The number of phenols is 2. The molecule has 43 heavy (non-hydrogen) atoms. The largest absolute Gasteiger partial charge is 0.507 e. The Morgan fingerprint density at radius 2 is 1.49 bits per heavy atom. The van der Waals surface area contributed by atoms with E-state index < -0.39 is 79.2 Å². The molecule has 8 N–H and O–H groups in total. The van der Waals surface area contributed by atoms with Crippen molar-refractivity contribution in [3.8, 4) is 34.3 Å². The zero-order chi connectivity index (χ0) is 31.2. The molecule has 10 atom stereocenters. The van der Waals surface area contributed by atoms with Crippen LogP contribution in [-0.2, 0) is 14.2 Å². The Hall–Kier alpha value is -3.51. The summed E-state index contributed by atoms with van der Waals surface area (Å²) in [6.45, 7) is 0.953. The van der Waals surface area contributed by atoms with Crippen molar-refractivity contribution in [2.75, 3.05) is 13.7 Å². The van der Waals surface area contributed by atoms with E-state index in [2.05, 4.69) is 0 Å². The smallest absolute Gasteiger partial charge is 0.229 e. The number of ether oxygens (including phenoxy) is 5. The van der Waals surface area contributed by atoms with Crippen LogP contribution in [0.5, 0.6) is 23.0 Å². The van der Waals surface area contributed by atoms with Crippen LogP contribution in [0.15, 0.2) is 45.6 Å². The van der Waals surface area contributed by atoms with Gasteiger partial charge in [0.15, 0.2) is 23.2 Å². The van der Waals surface area contributed by atoms with Crippen molar-refractivity contribution in [2.45, 2.75) is 68.3 Å². The number of hydrogen-bond acceptors (Lipinski definition) is 15. The Morgan fingerprint density at radius 3 is 2.19 bits per heavy atom. The Kier molecular flexibility index (Phi) is 8.80. The van der Waals surface area contributed by atoms with Crippen LogP contribution in [0.2, 0.25) is 0 Å². The van der Waals surface area contributed by atoms with Crippen LogP contribution in [0.25, 0.3) is 22.3 Å². The fraction of sp³-hybridized carbons (Fsp3) is 0.464. The molecular weight excluding hydrogens is 576 g/mol. The Morgan fingerprint density at radius 1 is 0.791 bits per heavy atom. The van der Waals surface area contributed by atoms with Crippen LogP contribution < -0.4 is 14.9 Å². The molecule has 2 saturated heterocycles. The average molecular weight is 609 g/mol. The first kappa shape index (κ1) is 30.9. The van der Waals surface area contributed by atoms with Crippen molar-refractivity contribution >= 4 is 11.0 Å². The number of aromatic hydroxyl groups is 2. The molecule has 0 bridgehead atoms. The highest BCUT2D eigenvalue weighted by molar-refractivity contribution is 5.86. The van der Waals surface area contributed by atoms with Gasteiger partial charge in [-0.05, 0) is 25.1 Å². The number of hydrogen-bond donors (Lipinski definition) is 8. The van der Waals surface area contributed by atoms with E-state index in [1.807, 2.05) is 0 Å². The van der Waals surface area contributed by atoms with Gasteiger partial charge in [0.05, 0.1) is 19.8 Å². The summed E-state index contributed by atoms with van der Waals surface area (Å²) in [4.78, 5) is 12.8. The van der Waals surface area contributed by atoms with E-state index >= 15 is 0 Å². The summed E-state index contributed by atoms with van der Waals surface area (Å²) in [6.07, 6.45) is -15.0. The minimum Gasteiger partial charge on any atom is -0.507 e. The van der Waals surface area contributed by atoms with Crippen molar-refractivity contribution in [2.24, 2.45) is 0 Å². The number of methoxy groups -OCH3 is 1. The molecule has 15 nitrogen and oxygen atoms in total. The zero-order valence-electron chi connectivity index (χ0n) is 22.9. The lowest BCUT2D eigenvalue weighted by molar-refractivity contribution is -0.318. The molecule has 2 aliphatic rings. The second kappa shape index (κ2) is 12.2. The van der Waals surface area contributed by atoms with Crippen LogP contribution in [-0.4, -0.2) is 116 Å². The molecule has 234 valence electrons. The lowest BCUT2D eigenvalue weighted by Crippen LogP contribution is -2.61. The van der Waals surface area contributed by atoms with E-state index in [1.54, 1.807) is 6.07 Å². The average Bonchev–Trinajstić information content (AvgIpc) is 2.97. The fourth-order valence-electron chi connectivity index (χ4n) is 4.92. The first-order valence-electron chi connectivity index (χ1n) is 13.3. The molecule has 0 spiro atoms. The minimum absolute atomic E-state index is 0.0517. The molecule has 2 aromatic carbocycles. The second-order valence-electron chi connectivity index (χ2n) is 10.3. The molecule has 3 heterocycles. The molecule has 3 aromatic rings. The van der Waals surface area contributed by atoms with E-state index in [1.165, 1.54) is 32.2 Å². The van der Waals surface area contributed by atoms with Gasteiger partial charge in [-0.25, -0.2) is 0 Å². The highest BCUT2D eigenvalue weighted by atomic mass is 16.7. The molecule has 2 fully saturated rings. The SMILES string of the molecule is COc1ccc(-c2cc(=O)c3c(O)cc(O[C@@H]4O[C@H](CO[C@@H]5O[C@H](C)[C@H](O)[C@H](O)[C@@H]5O)[C@@H](O)[C@@H](O)[C@@H]4O)cc3o2)cc1O. The van der Waals surface area contributed by atoms with Gasteiger partial charge in [-0.3, -0.25) is 4.79 Å². The van der Waals surface area contributed by atoms with E-state index in [9.17, 15) is 45.6 Å². The van der Waals surface area contributed by atoms with Crippen LogP contribution in [0.1, 0.15) is 6.92 Å². The minimum atomic E-state index is -1.78. The number of aliphatic hydroxyl groups is 6. The van der Waals surface area contributed by atoms with Gasteiger partial charge in [0.25, 0.3) is 0 Å². The van der Waals surface area contributed by atoms with Gasteiger partial charge in [-0.15, -0.1) is 0 Å². The molecular formula is C28H32O15. The maximum Gasteiger partial charge on any atom is 0.229 e. The molecule has 0 saturated carbocycles. The van der Waals surface area contributed by atoms with Gasteiger partial charge in [0, 0.05) is 23.8 Å². The fourth-order valence-corrected chi connectivity index (χ4v) is 4.92. The number of benzene rings is 2. The topological polar surface area (TPSA) is 238 Å². The van der Waals surface area contributed by atoms with E-state index in [4.69, 9.17) is 28.1 Å². The first-order chi connectivity index (χ1) is 20.4. The van der Waals surface area contributed by atoms with E-state index in [-0.39, 0.29) is 34.0 Å². The lowest BCUT2D eigenvalue weighted by Gasteiger charge is -2.42. The summed E-state index contributed by atoms with van der Waals surface area (Å²) < 4.78 is 32.9. The van der Waals surface area contributed by atoms with Gasteiger partial charge in [0.1, 0.15) is 71.0 Å². The highest BCUT2D eigenvalue weighted by Crippen LogP contribution is 2.35. The summed E-state index contributed by atoms with van der Waals surface area (Å²) in [7, 11) is 1.38. The van der Waals surface area contributed by atoms with Crippen LogP contribution in [0.4, 0.5) is 0 Å². The first-order valence-corrected chi connectivity index (χ1v) is 13.3. The maximum absolute atomic E-state index is 12.8. The predicted octanol–water partition coefficient (Wildman–Crippen LogP) is -1.09. The van der Waals surface area contributed by atoms with Crippen LogP contribution in [0, 0.1) is 0 Å². The molecule has 5 rings (SSSR count). The second-order valence-corrected chi connectivity index (χ2v) is 10.3. The molecule has 0 unspecified atom stereocenters. The van der Waals surface area contributed by atoms with Crippen molar-refractivity contribution in [3.63, 3.8) is 0 Å². The quantitative estimate of drug-likeness (QED) is 0.159. The summed E-state index contributed by atoms with van der Waals surface area (Å²) in [5.41, 5.74) is -0.381. The molecule has 1 aromatic heterocycles. The Bertz CT molecular complexity index is 1510. The van der Waals surface area contributed by atoms with E-state index in [0.29, 0.717) is 5.56 Å². The van der Waals surface area contributed by atoms with Gasteiger partial charge in [-0.1, -0.05) is 0 Å². The summed E-state index contributed by atoms with van der Waals surface area (Å²) in [6, 6.07) is 7.78. The molecule has 15 heteroatoms. The Balaban J connectivity index is 1.36. The predicted molar refractivity (Wildman–Crippen MR) is 143 cm³/mol. The molecule has 0 amide bonds. The van der Waals surface area contributed by atoms with Gasteiger partial charge in [0.2, 0.25) is 6.29 Å². The standard InChI is InChI=1S/C28H32O15/c1-10-21(32)23(34)25(36)27(40-10)39-9-19-22(33)24(35)26(37)28(43-19)41-12-6-14(30)20-15(31)8-17(42-18(20)7-12)11-3-4-16(38-2)13(29)5-11/h3-8,10,19,21-30,32-37H,9H2,1-2H3/t10-,19-,21+,22-,23+,24-,25+,26+,27-,28-/m1/s1. The molecule has 0 radical (unpaired) electrons. The normalized spacial score (nSPS) is 32.9. The third kappa shape index (κ3) is 5.99. The van der Waals surface area contributed by atoms with E-state index in [0.717, 1.165) is 12.1 Å². The summed E-state index contributed by atoms with van der Waals surface area (Å²) in [5, 5.41) is 82.0. The number of fused-ring (bicyclic) bond motifs is 1. The third-order valence-electron chi connectivity index (χ3n) is 7.40. The Labute approximate surface area is 243 Å². The number of phenolic OH excluding ortho intramolecular Hbond substituents is 2. The van der Waals surface area contributed by atoms with Crippen molar-refractivity contribution in [3.05, 3.63) is 46.6 Å². The zero-order valence-corrected chi connectivity index (χ0v) is 22.9. The van der Waals surface area contributed by atoms with Crippen LogP contribution >= 0.6 is 0 Å². The monoisotopic (exact) mass is 608 g/mol. The maximum atomic E-state index is 12.8. The van der Waals surface area contributed by atoms with Gasteiger partial charge < -0.3 is 69.0 Å². The van der Waals surface area contributed by atoms with Crippen molar-refractivity contribution in [1.29, 1.82) is 0 Å². The summed E-state index contributed by atoms with van der Waals surface area (Å²) >= 11 is 0. The lowest BCUT2D eigenvalue weighted by atomic mass is 9.98. The van der Waals surface area contributed by atoms with Gasteiger partial charge in [-0.2, -0.15) is 0 Å². The third-order valence-corrected chi connectivity index (χ3v) is 7.40. The van der Waals surface area contributed by atoms with Crippen molar-refractivity contribution < 1.29 is 69.0 Å². The summed E-state index contributed by atoms with van der Waals surface area (Å²) in [5.74, 6) is -0.605. The van der Waals surface area contributed by atoms with Crippen LogP contribution in [0.3, 0.4) is 0 Å². The number of rotatable bonds is 7. The van der Waals surface area contributed by atoms with Crippen molar-refractivity contribution in [1.82, 2.24) is 0 Å². The molecule has 2 aliphatic heterocycles.